The number of rotatable bonds is 11. The van der Waals surface area contributed by atoms with Crippen LogP contribution >= 0.6 is 0 Å². The van der Waals surface area contributed by atoms with Gasteiger partial charge in [-0.2, -0.15) is 0 Å². The van der Waals surface area contributed by atoms with E-state index < -0.39 is 17.4 Å². The summed E-state index contributed by atoms with van der Waals surface area (Å²) in [5.41, 5.74) is 7.52. The normalized spacial score (nSPS) is 19.5. The highest BCUT2D eigenvalue weighted by Crippen LogP contribution is 2.36. The molecule has 6 nitrogen and oxygen atoms in total. The molecule has 2 rings (SSSR count). The van der Waals surface area contributed by atoms with E-state index >= 15 is 0 Å². The fourth-order valence-electron chi connectivity index (χ4n) is 3.66. The van der Waals surface area contributed by atoms with Gasteiger partial charge in [0.15, 0.2) is 0 Å². The van der Waals surface area contributed by atoms with E-state index in [2.05, 4.69) is 29.7 Å². The highest BCUT2D eigenvalue weighted by atomic mass is 16.3. The molecule has 0 radical (unpaired) electrons. The number of nitrogens with one attached hydrogen (secondary N) is 2. The zero-order valence-corrected chi connectivity index (χ0v) is 17.4. The van der Waals surface area contributed by atoms with Crippen LogP contribution in [0.25, 0.3) is 0 Å². The van der Waals surface area contributed by atoms with Crippen LogP contribution in [0, 0.1) is 5.41 Å². The molecule has 0 heterocycles. The fraction of sp³-hybridized carbons (Fsp3) is 0.478. The van der Waals surface area contributed by atoms with E-state index in [9.17, 15) is 14.7 Å². The number of allylic oxidation sites excluding steroid dienone is 2. The van der Waals surface area contributed by atoms with Gasteiger partial charge in [-0.3, -0.25) is 9.59 Å². The zero-order valence-electron chi connectivity index (χ0n) is 17.4. The van der Waals surface area contributed by atoms with E-state index in [1.165, 1.54) is 11.1 Å². The molecule has 2 unspecified atom stereocenters. The maximum Gasteiger partial charge on any atom is 0.244 e. The summed E-state index contributed by atoms with van der Waals surface area (Å²) in [6.45, 7) is 5.30. The van der Waals surface area contributed by atoms with Crippen molar-refractivity contribution in [3.05, 3.63) is 59.2 Å². The summed E-state index contributed by atoms with van der Waals surface area (Å²) in [6.07, 6.45) is 7.21. The predicted octanol–water partition coefficient (Wildman–Crippen LogP) is 1.97. The van der Waals surface area contributed by atoms with Crippen molar-refractivity contribution in [3.63, 3.8) is 0 Å². The monoisotopic (exact) mass is 399 g/mol. The number of aliphatic hydroxyl groups is 1. The topological polar surface area (TPSA) is 104 Å². The lowest BCUT2D eigenvalue weighted by Gasteiger charge is -2.32. The van der Waals surface area contributed by atoms with Gasteiger partial charge >= 0.3 is 0 Å². The van der Waals surface area contributed by atoms with Gasteiger partial charge in [-0.05, 0) is 30.4 Å². The van der Waals surface area contributed by atoms with Gasteiger partial charge < -0.3 is 21.5 Å². The van der Waals surface area contributed by atoms with Crippen molar-refractivity contribution in [1.29, 1.82) is 0 Å². The van der Waals surface area contributed by atoms with Gasteiger partial charge in [0, 0.05) is 25.2 Å². The van der Waals surface area contributed by atoms with Crippen molar-refractivity contribution >= 4 is 11.8 Å². The van der Waals surface area contributed by atoms with Crippen molar-refractivity contribution in [2.45, 2.75) is 52.2 Å². The molecule has 2 atom stereocenters. The molecule has 0 spiro atoms. The molecule has 1 aromatic carbocycles. The Morgan fingerprint density at radius 2 is 2.00 bits per heavy atom. The SMILES string of the molecule is CCCC1(C(=O)NCC(O)CNCc2cccc(CC)c2)C=CC=C(C(N)=O)C1. The summed E-state index contributed by atoms with van der Waals surface area (Å²) in [5.74, 6) is -0.684. The Morgan fingerprint density at radius 1 is 1.24 bits per heavy atom. The highest BCUT2D eigenvalue weighted by molar-refractivity contribution is 5.95. The zero-order chi connectivity index (χ0) is 21.3. The maximum absolute atomic E-state index is 12.9. The first-order chi connectivity index (χ1) is 13.9. The number of nitrogens with two attached hydrogens (primary N) is 1. The predicted molar refractivity (Wildman–Crippen MR) is 115 cm³/mol. The van der Waals surface area contributed by atoms with Gasteiger partial charge in [0.05, 0.1) is 11.5 Å². The lowest BCUT2D eigenvalue weighted by atomic mass is 9.74. The average molecular weight is 400 g/mol. The van der Waals surface area contributed by atoms with Gasteiger partial charge in [-0.1, -0.05) is 62.8 Å². The third kappa shape index (κ3) is 6.54. The lowest BCUT2D eigenvalue weighted by Crippen LogP contribution is -2.46. The second kappa shape index (κ2) is 10.9. The van der Waals surface area contributed by atoms with Gasteiger partial charge in [-0.15, -0.1) is 0 Å². The second-order valence-corrected chi connectivity index (χ2v) is 7.67. The van der Waals surface area contributed by atoms with Crippen LogP contribution in [0.3, 0.4) is 0 Å². The minimum absolute atomic E-state index is 0.149. The molecular weight excluding hydrogens is 366 g/mol. The smallest absolute Gasteiger partial charge is 0.244 e. The quantitative estimate of drug-likeness (QED) is 0.457. The molecule has 0 aromatic heterocycles. The van der Waals surface area contributed by atoms with E-state index in [1.807, 2.05) is 25.1 Å². The lowest BCUT2D eigenvalue weighted by molar-refractivity contribution is -0.129. The van der Waals surface area contributed by atoms with E-state index in [0.717, 1.165) is 12.8 Å². The Labute approximate surface area is 173 Å². The Balaban J connectivity index is 1.84. The van der Waals surface area contributed by atoms with Crippen LogP contribution in [-0.4, -0.2) is 36.1 Å². The molecule has 0 saturated carbocycles. The first kappa shape index (κ1) is 22.8. The largest absolute Gasteiger partial charge is 0.390 e. The number of aliphatic hydroxyl groups excluding tert-OH is 1. The molecule has 2 amide bonds. The molecule has 158 valence electrons. The van der Waals surface area contributed by atoms with Crippen LogP contribution in [0.2, 0.25) is 0 Å². The van der Waals surface area contributed by atoms with Crippen molar-refractivity contribution in [2.75, 3.05) is 13.1 Å². The van der Waals surface area contributed by atoms with E-state index in [1.54, 1.807) is 12.2 Å². The average Bonchev–Trinajstić information content (AvgIpc) is 2.72. The maximum atomic E-state index is 12.9. The molecule has 1 aliphatic carbocycles. The number of hydrogen-bond acceptors (Lipinski definition) is 4. The molecule has 0 saturated heterocycles. The van der Waals surface area contributed by atoms with Crippen LogP contribution in [0.4, 0.5) is 0 Å². The van der Waals surface area contributed by atoms with Gasteiger partial charge in [0.2, 0.25) is 11.8 Å². The highest BCUT2D eigenvalue weighted by Gasteiger charge is 2.38. The number of carbonyl (C=O) groups excluding carboxylic acids is 2. The molecule has 29 heavy (non-hydrogen) atoms. The fourth-order valence-corrected chi connectivity index (χ4v) is 3.66. The first-order valence-corrected chi connectivity index (χ1v) is 10.3. The summed E-state index contributed by atoms with van der Waals surface area (Å²) >= 11 is 0. The number of primary amides is 1. The summed E-state index contributed by atoms with van der Waals surface area (Å²) < 4.78 is 0. The number of benzene rings is 1. The van der Waals surface area contributed by atoms with Crippen LogP contribution in [-0.2, 0) is 22.6 Å². The van der Waals surface area contributed by atoms with Gasteiger partial charge in [-0.25, -0.2) is 0 Å². The van der Waals surface area contributed by atoms with E-state index in [0.29, 0.717) is 31.5 Å². The van der Waals surface area contributed by atoms with E-state index in [-0.39, 0.29) is 12.5 Å². The van der Waals surface area contributed by atoms with Crippen molar-refractivity contribution in [3.8, 4) is 0 Å². The Hall–Kier alpha value is -2.44. The number of amides is 2. The first-order valence-electron chi connectivity index (χ1n) is 10.3. The summed E-state index contributed by atoms with van der Waals surface area (Å²) in [7, 11) is 0. The standard InChI is InChI=1S/C23H33N3O3/c1-3-10-23(11-6-9-19(13-23)21(24)28)22(29)26-16-20(27)15-25-14-18-8-5-7-17(4-2)12-18/h5-9,11-12,20,25,27H,3-4,10,13-16H2,1-2H3,(H2,24,28)(H,26,29). The van der Waals surface area contributed by atoms with Crippen LogP contribution in [0.15, 0.2) is 48.1 Å². The molecule has 0 bridgehead atoms. The van der Waals surface area contributed by atoms with Crippen LogP contribution < -0.4 is 16.4 Å². The Morgan fingerprint density at radius 3 is 2.69 bits per heavy atom. The summed E-state index contributed by atoms with van der Waals surface area (Å²) in [6, 6.07) is 8.33. The minimum atomic E-state index is -0.790. The second-order valence-electron chi connectivity index (χ2n) is 7.67. The Kier molecular flexibility index (Phi) is 8.61. The van der Waals surface area contributed by atoms with Crippen LogP contribution in [0.1, 0.15) is 44.2 Å². The molecule has 0 aliphatic heterocycles. The Bertz CT molecular complexity index is 772. The minimum Gasteiger partial charge on any atom is -0.390 e. The molecular formula is C23H33N3O3. The molecule has 1 aromatic rings. The molecule has 0 fully saturated rings. The number of hydrogen-bond donors (Lipinski definition) is 4. The molecule has 1 aliphatic rings. The van der Waals surface area contributed by atoms with Crippen molar-refractivity contribution < 1.29 is 14.7 Å². The molecule has 5 N–H and O–H groups in total. The van der Waals surface area contributed by atoms with Crippen molar-refractivity contribution in [2.24, 2.45) is 11.1 Å². The van der Waals surface area contributed by atoms with Gasteiger partial charge in [0.25, 0.3) is 0 Å². The third-order valence-corrected chi connectivity index (χ3v) is 5.29. The van der Waals surface area contributed by atoms with Crippen molar-refractivity contribution in [1.82, 2.24) is 10.6 Å². The number of carbonyl (C=O) groups is 2. The summed E-state index contributed by atoms with van der Waals surface area (Å²) in [5, 5.41) is 16.3. The number of aryl methyl sites for hydroxylation is 1. The third-order valence-electron chi connectivity index (χ3n) is 5.29. The van der Waals surface area contributed by atoms with Gasteiger partial charge in [0.1, 0.15) is 0 Å². The van der Waals surface area contributed by atoms with E-state index in [4.69, 9.17) is 5.73 Å². The summed E-state index contributed by atoms with van der Waals surface area (Å²) in [4.78, 5) is 24.4. The molecule has 6 heteroatoms. The van der Waals surface area contributed by atoms with Crippen LogP contribution in [0.5, 0.6) is 0 Å².